The second-order valence-corrected chi connectivity index (χ2v) is 8.41. The van der Waals surface area contributed by atoms with Gasteiger partial charge in [0.25, 0.3) is 10.1 Å². The van der Waals surface area contributed by atoms with E-state index in [1.165, 1.54) is 38.2 Å². The monoisotopic (exact) mass is 428 g/mol. The van der Waals surface area contributed by atoms with E-state index < -0.39 is 15.9 Å². The standard InChI is InChI=1S/C22H30O5S.Na/c1-2-3-4-5-6-7-8-10-13-18-16-20(23)21(17-22(18)28(24,25)26)27-19-14-11-9-12-15-19;/h9,11-12,14-17,23H,2-8,10,13H2,1H3,(H,24,25,26);/q;+1/p-1. The van der Waals surface area contributed by atoms with Crippen LogP contribution in [0.4, 0.5) is 0 Å². The first-order chi connectivity index (χ1) is 13.4. The molecule has 0 saturated carbocycles. The average molecular weight is 429 g/mol. The summed E-state index contributed by atoms with van der Waals surface area (Å²) in [6.45, 7) is 2.19. The van der Waals surface area contributed by atoms with Crippen LogP contribution < -0.4 is 39.4 Å². The Morgan fingerprint density at radius 3 is 2.10 bits per heavy atom. The van der Waals surface area contributed by atoms with Gasteiger partial charge in [-0.15, -0.1) is 0 Å². The SMILES string of the molecule is CCCCCCCCCCc1cc([O-])c(Oc2ccccc2)cc1S(=O)(=O)O.[Na+]. The summed E-state index contributed by atoms with van der Waals surface area (Å²) in [6.07, 6.45) is 9.40. The van der Waals surface area contributed by atoms with Crippen molar-refractivity contribution in [2.45, 2.75) is 69.6 Å². The first kappa shape index (κ1) is 26.0. The molecule has 0 heterocycles. The molecule has 1 N–H and O–H groups in total. The van der Waals surface area contributed by atoms with Crippen LogP contribution in [0.1, 0.15) is 63.9 Å². The number of hydrogen-bond donors (Lipinski definition) is 1. The van der Waals surface area contributed by atoms with E-state index in [0.29, 0.717) is 17.7 Å². The molecule has 29 heavy (non-hydrogen) atoms. The minimum atomic E-state index is -4.44. The third-order valence-corrected chi connectivity index (χ3v) is 5.61. The first-order valence-corrected chi connectivity index (χ1v) is 11.4. The molecule has 154 valence electrons. The molecular weight excluding hydrogens is 399 g/mol. The summed E-state index contributed by atoms with van der Waals surface area (Å²) >= 11 is 0. The Bertz CT molecular complexity index is 838. The molecule has 2 aromatic carbocycles. The van der Waals surface area contributed by atoms with Crippen LogP contribution in [0.25, 0.3) is 0 Å². The van der Waals surface area contributed by atoms with Gasteiger partial charge in [0, 0.05) is 6.07 Å². The fourth-order valence-electron chi connectivity index (χ4n) is 3.16. The molecule has 0 aliphatic carbocycles. The number of para-hydroxylation sites is 1. The largest absolute Gasteiger partial charge is 1.00 e. The Balaban J connectivity index is 0.00000420. The van der Waals surface area contributed by atoms with Gasteiger partial charge >= 0.3 is 29.6 Å². The second-order valence-electron chi connectivity index (χ2n) is 7.02. The van der Waals surface area contributed by atoms with Crippen molar-refractivity contribution in [1.82, 2.24) is 0 Å². The smallest absolute Gasteiger partial charge is 0.870 e. The Labute approximate surface area is 196 Å². The number of aryl methyl sites for hydroxylation is 1. The van der Waals surface area contributed by atoms with Crippen molar-refractivity contribution >= 4 is 10.1 Å². The van der Waals surface area contributed by atoms with Crippen molar-refractivity contribution in [3.63, 3.8) is 0 Å². The molecule has 0 saturated heterocycles. The van der Waals surface area contributed by atoms with Crippen molar-refractivity contribution in [1.29, 1.82) is 0 Å². The van der Waals surface area contributed by atoms with Crippen molar-refractivity contribution in [2.24, 2.45) is 0 Å². The van der Waals surface area contributed by atoms with Crippen molar-refractivity contribution in [3.8, 4) is 17.2 Å². The topological polar surface area (TPSA) is 86.7 Å². The van der Waals surface area contributed by atoms with Gasteiger partial charge in [-0.05, 0) is 30.5 Å². The van der Waals surface area contributed by atoms with Crippen LogP contribution in [-0.4, -0.2) is 13.0 Å². The minimum Gasteiger partial charge on any atom is -0.870 e. The average Bonchev–Trinajstić information content (AvgIpc) is 2.65. The normalized spacial score (nSPS) is 11.1. The molecule has 2 rings (SSSR count). The van der Waals surface area contributed by atoms with Crippen LogP contribution in [0.15, 0.2) is 47.4 Å². The van der Waals surface area contributed by atoms with E-state index in [1.54, 1.807) is 24.3 Å². The zero-order valence-corrected chi connectivity index (χ0v) is 20.2. The molecule has 0 aliphatic heterocycles. The molecule has 0 atom stereocenters. The molecule has 0 bridgehead atoms. The van der Waals surface area contributed by atoms with Crippen LogP contribution in [0, 0.1) is 0 Å². The molecule has 0 radical (unpaired) electrons. The number of unbranched alkanes of at least 4 members (excludes halogenated alkanes) is 7. The second kappa shape index (κ2) is 13.3. The van der Waals surface area contributed by atoms with Gasteiger partial charge < -0.3 is 9.84 Å². The van der Waals surface area contributed by atoms with Gasteiger partial charge in [0.2, 0.25) is 0 Å². The quantitative estimate of drug-likeness (QED) is 0.319. The van der Waals surface area contributed by atoms with Gasteiger partial charge in [-0.3, -0.25) is 4.55 Å². The molecule has 7 heteroatoms. The van der Waals surface area contributed by atoms with Crippen LogP contribution in [-0.2, 0) is 16.5 Å². The van der Waals surface area contributed by atoms with Crippen LogP contribution in [0.5, 0.6) is 17.2 Å². The maximum Gasteiger partial charge on any atom is 1.00 e. The molecular formula is C22H29NaO5S. The van der Waals surface area contributed by atoms with E-state index in [0.717, 1.165) is 25.3 Å². The van der Waals surface area contributed by atoms with E-state index in [2.05, 4.69) is 6.92 Å². The summed E-state index contributed by atoms with van der Waals surface area (Å²) in [5.41, 5.74) is 0.346. The van der Waals surface area contributed by atoms with Gasteiger partial charge in [-0.1, -0.05) is 81.9 Å². The third-order valence-electron chi connectivity index (χ3n) is 4.68. The first-order valence-electron chi connectivity index (χ1n) is 9.96. The van der Waals surface area contributed by atoms with Gasteiger partial charge in [-0.2, -0.15) is 8.42 Å². The third kappa shape index (κ3) is 9.09. The molecule has 0 spiro atoms. The fourth-order valence-corrected chi connectivity index (χ4v) is 3.91. The van der Waals surface area contributed by atoms with Crippen molar-refractivity contribution < 1.29 is 52.4 Å². The molecule has 0 aliphatic rings. The summed E-state index contributed by atoms with van der Waals surface area (Å²) < 4.78 is 38.7. The van der Waals surface area contributed by atoms with Crippen molar-refractivity contribution in [3.05, 3.63) is 48.0 Å². The summed E-state index contributed by atoms with van der Waals surface area (Å²) in [5, 5.41) is 12.4. The van der Waals surface area contributed by atoms with E-state index >= 15 is 0 Å². The van der Waals surface area contributed by atoms with E-state index in [-0.39, 0.29) is 40.2 Å². The maximum atomic E-state index is 12.4. The Morgan fingerprint density at radius 2 is 1.52 bits per heavy atom. The van der Waals surface area contributed by atoms with Crippen molar-refractivity contribution in [2.75, 3.05) is 0 Å². The van der Waals surface area contributed by atoms with Crippen LogP contribution in [0.3, 0.4) is 0 Å². The fraction of sp³-hybridized carbons (Fsp3) is 0.455. The van der Waals surface area contributed by atoms with Gasteiger partial charge in [0.05, 0.1) is 0 Å². The zero-order chi connectivity index (χ0) is 20.4. The van der Waals surface area contributed by atoms with E-state index in [4.69, 9.17) is 4.74 Å². The molecule has 0 aromatic heterocycles. The molecule has 5 nitrogen and oxygen atoms in total. The Hall–Kier alpha value is -1.05. The molecule has 0 amide bonds. The number of benzene rings is 2. The predicted molar refractivity (Wildman–Crippen MR) is 109 cm³/mol. The predicted octanol–water partition coefficient (Wildman–Crippen LogP) is 2.49. The van der Waals surface area contributed by atoms with Crippen LogP contribution >= 0.6 is 0 Å². The van der Waals surface area contributed by atoms with Gasteiger partial charge in [0.15, 0.2) is 0 Å². The summed E-state index contributed by atoms with van der Waals surface area (Å²) in [5.74, 6) is -0.0824. The van der Waals surface area contributed by atoms with Gasteiger partial charge in [0.1, 0.15) is 16.4 Å². The zero-order valence-electron chi connectivity index (χ0n) is 17.4. The van der Waals surface area contributed by atoms with E-state index in [9.17, 15) is 18.1 Å². The molecule has 0 fully saturated rings. The number of hydrogen-bond acceptors (Lipinski definition) is 4. The summed E-state index contributed by atoms with van der Waals surface area (Å²) in [4.78, 5) is -0.249. The Kier molecular flexibility index (Phi) is 11.9. The summed E-state index contributed by atoms with van der Waals surface area (Å²) in [7, 11) is -4.44. The van der Waals surface area contributed by atoms with Crippen LogP contribution in [0.2, 0.25) is 0 Å². The molecule has 2 aromatic rings. The number of rotatable bonds is 12. The summed E-state index contributed by atoms with van der Waals surface area (Å²) in [6, 6.07) is 11.0. The maximum absolute atomic E-state index is 12.4. The van der Waals surface area contributed by atoms with E-state index in [1.807, 2.05) is 6.07 Å². The Morgan fingerprint density at radius 1 is 0.931 bits per heavy atom. The number of ether oxygens (including phenoxy) is 1. The van der Waals surface area contributed by atoms with Gasteiger partial charge in [-0.25, -0.2) is 0 Å². The minimum absolute atomic E-state index is 0. The molecule has 0 unspecified atom stereocenters.